The summed E-state index contributed by atoms with van der Waals surface area (Å²) >= 11 is 0. The lowest BCUT2D eigenvalue weighted by atomic mass is 9.85. The maximum atomic E-state index is 13.8. The lowest BCUT2D eigenvalue weighted by molar-refractivity contribution is -0.345. The maximum Gasteiger partial charge on any atom is 0.522 e. The predicted octanol–water partition coefficient (Wildman–Crippen LogP) is 6.68. The minimum absolute atomic E-state index is 0.0893. The number of hydrogen-bond donors (Lipinski definition) is 0. The fourth-order valence-electron chi connectivity index (χ4n) is 5.84. The summed E-state index contributed by atoms with van der Waals surface area (Å²) in [6.07, 6.45) is -5.93. The van der Waals surface area contributed by atoms with E-state index < -0.39 is 30.8 Å². The van der Waals surface area contributed by atoms with E-state index in [1.54, 1.807) is 4.90 Å². The van der Waals surface area contributed by atoms with Gasteiger partial charge in [-0.15, -0.1) is 13.2 Å². The number of carbonyl (C=O) groups is 1. The molecule has 1 amide bonds. The summed E-state index contributed by atoms with van der Waals surface area (Å²) in [5.41, 5.74) is 3.01. The Morgan fingerprint density at radius 2 is 1.07 bits per heavy atom. The first-order chi connectivity index (χ1) is 20.8. The molecular weight excluding hydrogens is 559 g/mol. The number of likely N-dealkylation sites (tertiary alicyclic amines) is 1. The molecule has 0 radical (unpaired) electrons. The van der Waals surface area contributed by atoms with Gasteiger partial charge in [-0.3, -0.25) is 9.53 Å². The van der Waals surface area contributed by atoms with Gasteiger partial charge in [-0.1, -0.05) is 91.0 Å². The van der Waals surface area contributed by atoms with Crippen LogP contribution in [0.5, 0.6) is 0 Å². The smallest absolute Gasteiger partial charge is 0.369 e. The number of piperidine rings is 1. The van der Waals surface area contributed by atoms with Gasteiger partial charge in [-0.05, 0) is 42.4 Å². The van der Waals surface area contributed by atoms with Crippen LogP contribution in [0.15, 0.2) is 91.0 Å². The number of rotatable bonds is 11. The van der Waals surface area contributed by atoms with Gasteiger partial charge in [0.05, 0.1) is 25.9 Å². The van der Waals surface area contributed by atoms with Gasteiger partial charge < -0.3 is 19.1 Å². The van der Waals surface area contributed by atoms with Crippen LogP contribution in [0.1, 0.15) is 42.4 Å². The van der Waals surface area contributed by atoms with Crippen molar-refractivity contribution in [1.29, 1.82) is 0 Å². The Morgan fingerprint density at radius 1 is 0.651 bits per heavy atom. The van der Waals surface area contributed by atoms with Crippen molar-refractivity contribution >= 4 is 5.91 Å². The molecule has 43 heavy (non-hydrogen) atoms. The number of carbonyl (C=O) groups excluding carboxylic acids is 1. The molecule has 1 saturated heterocycles. The van der Waals surface area contributed by atoms with E-state index in [1.807, 2.05) is 91.0 Å². The van der Waals surface area contributed by atoms with E-state index in [2.05, 4.69) is 4.74 Å². The number of halogens is 3. The van der Waals surface area contributed by atoms with Crippen molar-refractivity contribution in [3.05, 3.63) is 108 Å². The third kappa shape index (κ3) is 9.37. The van der Waals surface area contributed by atoms with Gasteiger partial charge in [-0.2, -0.15) is 0 Å². The molecule has 1 heterocycles. The monoisotopic (exact) mass is 597 g/mol. The molecule has 3 aromatic rings. The van der Waals surface area contributed by atoms with Gasteiger partial charge in [-0.25, -0.2) is 0 Å². The van der Waals surface area contributed by atoms with Crippen molar-refractivity contribution in [3.8, 4) is 0 Å². The molecule has 2 aliphatic rings. The Kier molecular flexibility index (Phi) is 10.9. The molecule has 2 atom stereocenters. The van der Waals surface area contributed by atoms with Gasteiger partial charge in [0.25, 0.3) is 0 Å². The van der Waals surface area contributed by atoms with E-state index in [4.69, 9.17) is 14.2 Å². The van der Waals surface area contributed by atoms with Crippen molar-refractivity contribution in [2.24, 2.45) is 5.92 Å². The summed E-state index contributed by atoms with van der Waals surface area (Å²) in [5.74, 6) is -0.465. The lowest BCUT2D eigenvalue weighted by Crippen LogP contribution is -2.60. The van der Waals surface area contributed by atoms with Crippen LogP contribution in [0.4, 0.5) is 13.2 Å². The molecule has 1 aliphatic carbocycles. The normalized spacial score (nSPS) is 24.5. The van der Waals surface area contributed by atoms with Crippen molar-refractivity contribution < 1.29 is 36.9 Å². The zero-order valence-electron chi connectivity index (χ0n) is 24.0. The summed E-state index contributed by atoms with van der Waals surface area (Å²) in [6, 6.07) is 29.5. The van der Waals surface area contributed by atoms with Crippen molar-refractivity contribution in [2.75, 3.05) is 13.1 Å². The van der Waals surface area contributed by atoms with Gasteiger partial charge in [0, 0.05) is 19.0 Å². The van der Waals surface area contributed by atoms with E-state index >= 15 is 0 Å². The largest absolute Gasteiger partial charge is 0.522 e. The quantitative estimate of drug-likeness (QED) is 0.247. The van der Waals surface area contributed by atoms with Crippen LogP contribution in [-0.2, 0) is 43.6 Å². The average Bonchev–Trinajstić information content (AvgIpc) is 3.02. The zero-order valence-corrected chi connectivity index (χ0v) is 24.0. The molecule has 0 spiro atoms. The van der Waals surface area contributed by atoms with E-state index in [-0.39, 0.29) is 24.7 Å². The van der Waals surface area contributed by atoms with Gasteiger partial charge >= 0.3 is 6.36 Å². The summed E-state index contributed by atoms with van der Waals surface area (Å²) in [7, 11) is 0. The second-order valence-electron chi connectivity index (χ2n) is 11.2. The summed E-state index contributed by atoms with van der Waals surface area (Å²) in [5, 5.41) is 0. The van der Waals surface area contributed by atoms with Gasteiger partial charge in [0.2, 0.25) is 5.91 Å². The minimum Gasteiger partial charge on any atom is -0.369 e. The first kappa shape index (κ1) is 31.2. The predicted molar refractivity (Wildman–Crippen MR) is 155 cm³/mol. The fourth-order valence-corrected chi connectivity index (χ4v) is 5.84. The Hall–Kier alpha value is -3.24. The van der Waals surface area contributed by atoms with Crippen LogP contribution in [-0.4, -0.2) is 54.7 Å². The molecule has 2 unspecified atom stereocenters. The standard InChI is InChI=1S/C34H38F3NO5/c35-34(36,37)43-29-18-16-28(17-19-29)33(39)38-20-30(40-22-25-10-4-1-5-11-25)32(42-24-27-14-8-3-9-15-27)31(21-38)41-23-26-12-6-2-7-13-26/h1-15,28-32H,16-24H2. The van der Waals surface area contributed by atoms with Crippen molar-refractivity contribution in [1.82, 2.24) is 4.90 Å². The Bertz CT molecular complexity index is 1200. The minimum atomic E-state index is -4.67. The van der Waals surface area contributed by atoms with Crippen LogP contribution in [0.2, 0.25) is 0 Å². The zero-order chi connectivity index (χ0) is 30.1. The molecule has 1 saturated carbocycles. The van der Waals surface area contributed by atoms with Gasteiger partial charge in [0.1, 0.15) is 18.3 Å². The summed E-state index contributed by atoms with van der Waals surface area (Å²) < 4.78 is 61.8. The van der Waals surface area contributed by atoms with E-state index in [9.17, 15) is 18.0 Å². The first-order valence-corrected chi connectivity index (χ1v) is 14.8. The first-order valence-electron chi connectivity index (χ1n) is 14.8. The molecule has 0 N–H and O–H groups in total. The highest BCUT2D eigenvalue weighted by atomic mass is 19.4. The van der Waals surface area contributed by atoms with Crippen LogP contribution in [0.3, 0.4) is 0 Å². The molecule has 2 fully saturated rings. The SMILES string of the molecule is O=C(C1CCC(OC(F)(F)F)CC1)N1CC(OCc2ccccc2)C(OCc2ccccc2)C(OCc2ccccc2)C1. The number of ether oxygens (including phenoxy) is 4. The van der Waals surface area contributed by atoms with E-state index in [0.717, 1.165) is 16.7 Å². The third-order valence-corrected chi connectivity index (χ3v) is 8.07. The number of alkyl halides is 3. The molecule has 230 valence electrons. The Balaban J connectivity index is 1.32. The number of nitrogens with zero attached hydrogens (tertiary/aromatic N) is 1. The highest BCUT2D eigenvalue weighted by Crippen LogP contribution is 2.33. The van der Waals surface area contributed by atoms with Crippen molar-refractivity contribution in [3.63, 3.8) is 0 Å². The fraction of sp³-hybridized carbons (Fsp3) is 0.441. The van der Waals surface area contributed by atoms with Crippen LogP contribution in [0.25, 0.3) is 0 Å². The molecule has 1 aliphatic heterocycles. The van der Waals surface area contributed by atoms with Gasteiger partial charge in [0.15, 0.2) is 0 Å². The molecule has 0 aromatic heterocycles. The third-order valence-electron chi connectivity index (χ3n) is 8.07. The lowest BCUT2D eigenvalue weighted by Gasteiger charge is -2.44. The molecular formula is C34H38F3NO5. The maximum absolute atomic E-state index is 13.8. The number of amides is 1. The molecule has 9 heteroatoms. The van der Waals surface area contributed by atoms with Crippen molar-refractivity contribution in [2.45, 2.75) is 76.3 Å². The Morgan fingerprint density at radius 3 is 1.49 bits per heavy atom. The summed E-state index contributed by atoms with van der Waals surface area (Å²) in [4.78, 5) is 15.5. The second kappa shape index (κ2) is 15.0. The molecule has 6 nitrogen and oxygen atoms in total. The molecule has 3 aromatic carbocycles. The second-order valence-corrected chi connectivity index (χ2v) is 11.2. The highest BCUT2D eigenvalue weighted by molar-refractivity contribution is 5.79. The van der Waals surface area contributed by atoms with E-state index in [1.165, 1.54) is 0 Å². The number of hydrogen-bond acceptors (Lipinski definition) is 5. The topological polar surface area (TPSA) is 57.2 Å². The Labute approximate surface area is 250 Å². The molecule has 5 rings (SSSR count). The molecule has 0 bridgehead atoms. The highest BCUT2D eigenvalue weighted by Gasteiger charge is 2.43. The van der Waals surface area contributed by atoms with Crippen LogP contribution < -0.4 is 0 Å². The van der Waals surface area contributed by atoms with Crippen LogP contribution in [0, 0.1) is 5.92 Å². The van der Waals surface area contributed by atoms with E-state index in [0.29, 0.717) is 45.8 Å². The number of benzene rings is 3. The summed E-state index contributed by atoms with van der Waals surface area (Å²) in [6.45, 7) is 1.64. The van der Waals surface area contributed by atoms with Crippen LogP contribution >= 0.6 is 0 Å². The average molecular weight is 598 g/mol.